The van der Waals surface area contributed by atoms with Crippen molar-refractivity contribution in [3.8, 4) is 0 Å². The molecule has 0 heterocycles. The minimum absolute atomic E-state index is 0.00974. The summed E-state index contributed by atoms with van der Waals surface area (Å²) in [5, 5.41) is 13.3. The number of carbonyl (C=O) groups excluding carboxylic acids is 2. The van der Waals surface area contributed by atoms with Gasteiger partial charge in [0, 0.05) is 28.2 Å². The van der Waals surface area contributed by atoms with Gasteiger partial charge in [-0.1, -0.05) is 27.5 Å². The minimum Gasteiger partial charge on any atom is -0.449 e. The lowest BCUT2D eigenvalue weighted by atomic mass is 10.2. The molecule has 0 saturated heterocycles. The zero-order valence-corrected chi connectivity index (χ0v) is 16.7. The predicted octanol–water partition coefficient (Wildman–Crippen LogP) is 4.73. The monoisotopic (exact) mass is 470 g/mol. The van der Waals surface area contributed by atoms with E-state index in [0.29, 0.717) is 4.47 Å². The zero-order valence-electron chi connectivity index (χ0n) is 14.3. The molecule has 28 heavy (non-hydrogen) atoms. The molecule has 0 spiro atoms. The van der Waals surface area contributed by atoms with Crippen molar-refractivity contribution in [1.82, 2.24) is 0 Å². The number of ether oxygens (including phenoxy) is 1. The van der Waals surface area contributed by atoms with Gasteiger partial charge in [0.15, 0.2) is 6.10 Å². The molecule has 2 aromatic carbocycles. The number of nitrogens with zero attached hydrogens (tertiary/aromatic N) is 1. The Morgan fingerprint density at radius 1 is 1.32 bits per heavy atom. The number of rotatable bonds is 6. The van der Waals surface area contributed by atoms with Crippen LogP contribution in [0.4, 0.5) is 15.8 Å². The Morgan fingerprint density at radius 3 is 2.71 bits per heavy atom. The van der Waals surface area contributed by atoms with Gasteiger partial charge in [-0.05, 0) is 37.3 Å². The van der Waals surface area contributed by atoms with Crippen LogP contribution in [0.5, 0.6) is 0 Å². The highest BCUT2D eigenvalue weighted by Gasteiger charge is 2.19. The Morgan fingerprint density at radius 2 is 2.04 bits per heavy atom. The molecule has 0 radical (unpaired) electrons. The van der Waals surface area contributed by atoms with E-state index in [9.17, 15) is 24.1 Å². The van der Waals surface area contributed by atoms with Crippen molar-refractivity contribution in [3.05, 3.63) is 73.5 Å². The van der Waals surface area contributed by atoms with Gasteiger partial charge < -0.3 is 10.1 Å². The summed E-state index contributed by atoms with van der Waals surface area (Å²) < 4.78 is 19.2. The van der Waals surface area contributed by atoms with Crippen LogP contribution in [-0.4, -0.2) is 22.9 Å². The number of esters is 1. The molecule has 1 N–H and O–H groups in total. The van der Waals surface area contributed by atoms with Gasteiger partial charge in [0.2, 0.25) is 0 Å². The summed E-state index contributed by atoms with van der Waals surface area (Å²) in [6.45, 7) is 1.31. The van der Waals surface area contributed by atoms with Crippen molar-refractivity contribution in [2.45, 2.75) is 13.0 Å². The van der Waals surface area contributed by atoms with Crippen LogP contribution in [0.1, 0.15) is 12.5 Å². The van der Waals surface area contributed by atoms with Crippen molar-refractivity contribution in [1.29, 1.82) is 0 Å². The molecule has 0 bridgehead atoms. The van der Waals surface area contributed by atoms with Crippen LogP contribution >= 0.6 is 27.5 Å². The average molecular weight is 472 g/mol. The summed E-state index contributed by atoms with van der Waals surface area (Å²) in [5.41, 5.74) is -0.0920. The van der Waals surface area contributed by atoms with E-state index in [1.165, 1.54) is 43.3 Å². The zero-order chi connectivity index (χ0) is 20.8. The molecule has 1 amide bonds. The molecule has 0 aliphatic rings. The third kappa shape index (κ3) is 5.86. The molecule has 0 aliphatic carbocycles. The first-order valence-electron chi connectivity index (χ1n) is 7.76. The molecule has 146 valence electrons. The summed E-state index contributed by atoms with van der Waals surface area (Å²) in [7, 11) is 0. The summed E-state index contributed by atoms with van der Waals surface area (Å²) >= 11 is 9.10. The minimum atomic E-state index is -1.22. The first-order valence-corrected chi connectivity index (χ1v) is 8.93. The van der Waals surface area contributed by atoms with E-state index >= 15 is 0 Å². The number of carbonyl (C=O) groups is 2. The molecule has 2 aromatic rings. The van der Waals surface area contributed by atoms with E-state index in [4.69, 9.17) is 16.3 Å². The third-order valence-electron chi connectivity index (χ3n) is 3.44. The van der Waals surface area contributed by atoms with Crippen LogP contribution in [0.3, 0.4) is 0 Å². The first-order chi connectivity index (χ1) is 13.2. The van der Waals surface area contributed by atoms with Gasteiger partial charge in [-0.3, -0.25) is 14.9 Å². The number of nitro benzene ring substituents is 1. The number of hydrogen-bond acceptors (Lipinski definition) is 5. The number of nitro groups is 1. The van der Waals surface area contributed by atoms with Crippen molar-refractivity contribution in [2.75, 3.05) is 5.32 Å². The van der Waals surface area contributed by atoms with Crippen LogP contribution in [0.25, 0.3) is 6.08 Å². The Kier molecular flexibility index (Phi) is 7.24. The number of benzene rings is 2. The van der Waals surface area contributed by atoms with Crippen molar-refractivity contribution < 1.29 is 23.6 Å². The van der Waals surface area contributed by atoms with Crippen LogP contribution in [-0.2, 0) is 14.3 Å². The fourth-order valence-corrected chi connectivity index (χ4v) is 2.57. The summed E-state index contributed by atoms with van der Waals surface area (Å²) in [6, 6.07) is 7.75. The molecule has 1 atom stereocenters. The molecule has 0 aliphatic heterocycles. The van der Waals surface area contributed by atoms with Crippen LogP contribution < -0.4 is 5.32 Å². The second kappa shape index (κ2) is 9.43. The number of nitrogens with one attached hydrogen (secondary N) is 1. The Bertz CT molecular complexity index is 967. The molecule has 0 fully saturated rings. The van der Waals surface area contributed by atoms with E-state index in [1.807, 2.05) is 0 Å². The fourth-order valence-electron chi connectivity index (χ4n) is 2.02. The Hall–Kier alpha value is -2.78. The predicted molar refractivity (Wildman–Crippen MR) is 105 cm³/mol. The van der Waals surface area contributed by atoms with Gasteiger partial charge in [-0.25, -0.2) is 9.18 Å². The maximum Gasteiger partial charge on any atom is 0.331 e. The van der Waals surface area contributed by atoms with Crippen molar-refractivity contribution >= 4 is 56.9 Å². The normalized spacial score (nSPS) is 11.9. The maximum absolute atomic E-state index is 13.6. The lowest BCUT2D eigenvalue weighted by molar-refractivity contribution is -0.384. The fraction of sp³-hybridized carbons (Fsp3) is 0.111. The van der Waals surface area contributed by atoms with E-state index in [2.05, 4.69) is 21.2 Å². The molecule has 10 heteroatoms. The third-order valence-corrected chi connectivity index (χ3v) is 4.26. The highest BCUT2D eigenvalue weighted by Crippen LogP contribution is 2.27. The van der Waals surface area contributed by atoms with Gasteiger partial charge in [0.05, 0.1) is 15.6 Å². The van der Waals surface area contributed by atoms with Gasteiger partial charge >= 0.3 is 5.97 Å². The average Bonchev–Trinajstić information content (AvgIpc) is 2.63. The highest BCUT2D eigenvalue weighted by molar-refractivity contribution is 9.10. The van der Waals surface area contributed by atoms with E-state index < -0.39 is 28.7 Å². The van der Waals surface area contributed by atoms with Gasteiger partial charge in [0.25, 0.3) is 11.6 Å². The lowest BCUT2D eigenvalue weighted by Crippen LogP contribution is -2.29. The largest absolute Gasteiger partial charge is 0.449 e. The number of non-ortho nitro benzene ring substituents is 1. The van der Waals surface area contributed by atoms with Crippen molar-refractivity contribution in [2.24, 2.45) is 0 Å². The van der Waals surface area contributed by atoms with Crippen molar-refractivity contribution in [3.63, 3.8) is 0 Å². The van der Waals surface area contributed by atoms with Gasteiger partial charge in [0.1, 0.15) is 5.82 Å². The number of amides is 1. The lowest BCUT2D eigenvalue weighted by Gasteiger charge is -2.13. The topological polar surface area (TPSA) is 98.5 Å². The summed E-state index contributed by atoms with van der Waals surface area (Å²) in [4.78, 5) is 34.2. The van der Waals surface area contributed by atoms with E-state index in [-0.39, 0.29) is 22.0 Å². The summed E-state index contributed by atoms with van der Waals surface area (Å²) in [6.07, 6.45) is 0.972. The Balaban J connectivity index is 2.01. The molecule has 0 aromatic heterocycles. The molecule has 0 saturated carbocycles. The first kappa shape index (κ1) is 21.5. The Labute approximate surface area is 172 Å². The van der Waals surface area contributed by atoms with Gasteiger partial charge in [-0.15, -0.1) is 0 Å². The molecular weight excluding hydrogens is 459 g/mol. The van der Waals surface area contributed by atoms with Crippen LogP contribution in [0.15, 0.2) is 46.9 Å². The molecule has 7 nitrogen and oxygen atoms in total. The maximum atomic E-state index is 13.6. The second-order valence-corrected chi connectivity index (χ2v) is 6.81. The summed E-state index contributed by atoms with van der Waals surface area (Å²) in [5.74, 6) is -2.14. The molecular formula is C18H13BrClFN2O5. The molecule has 1 unspecified atom stereocenters. The quantitative estimate of drug-likeness (QED) is 0.284. The smallest absolute Gasteiger partial charge is 0.331 e. The second-order valence-electron chi connectivity index (χ2n) is 5.49. The number of anilines is 1. The standard InChI is InChI=1S/C18H13BrClFN2O5/c1-10(18(25)22-16-9-13(23(26)27)4-5-14(16)20)28-17(24)7-2-11-8-12(19)3-6-15(11)21/h2-10H,1H3,(H,22,25)/b7-2+. The van der Waals surface area contributed by atoms with E-state index in [0.717, 1.165) is 12.1 Å². The number of halogens is 3. The van der Waals surface area contributed by atoms with Crippen LogP contribution in [0.2, 0.25) is 5.02 Å². The number of hydrogen-bond donors (Lipinski definition) is 1. The molecule has 2 rings (SSSR count). The van der Waals surface area contributed by atoms with E-state index in [1.54, 1.807) is 0 Å². The highest BCUT2D eigenvalue weighted by atomic mass is 79.9. The SMILES string of the molecule is CC(OC(=O)/C=C/c1cc(Br)ccc1F)C(=O)Nc1cc([N+](=O)[O-])ccc1Cl. The van der Waals surface area contributed by atoms with Crippen LogP contribution in [0, 0.1) is 15.9 Å². The van der Waals surface area contributed by atoms with Gasteiger partial charge in [-0.2, -0.15) is 0 Å².